The number of hydrogen-bond acceptors (Lipinski definition) is 4. The van der Waals surface area contributed by atoms with Gasteiger partial charge >= 0.3 is 5.97 Å². The molecule has 6 heteroatoms. The van der Waals surface area contributed by atoms with Crippen molar-refractivity contribution in [1.29, 1.82) is 0 Å². The topological polar surface area (TPSA) is 91.9 Å². The molecule has 0 atom stereocenters. The first-order chi connectivity index (χ1) is 13.4. The summed E-state index contributed by atoms with van der Waals surface area (Å²) >= 11 is 0. The quantitative estimate of drug-likeness (QED) is 0.503. The second kappa shape index (κ2) is 8.35. The van der Waals surface area contributed by atoms with Crippen LogP contribution in [-0.2, 0) is 11.2 Å². The molecule has 1 amide bonds. The molecular weight excluding hydrogens is 356 g/mol. The van der Waals surface area contributed by atoms with E-state index in [0.717, 1.165) is 11.1 Å². The molecule has 2 N–H and O–H groups in total. The van der Waals surface area contributed by atoms with Gasteiger partial charge in [-0.15, -0.1) is 0 Å². The molecule has 0 aliphatic carbocycles. The molecule has 1 heterocycles. The van der Waals surface area contributed by atoms with E-state index in [1.165, 1.54) is 23.9 Å². The monoisotopic (exact) mass is 376 g/mol. The number of aryl methyl sites for hydroxylation is 2. The molecule has 6 nitrogen and oxygen atoms in total. The first-order valence-electron chi connectivity index (χ1n) is 8.74. The standard InChI is InChI=1S/C22H20N2O4/c1-14-6-7-16(10-15(14)2)11-21(25)24-23-13-19-8-9-20(28-19)17-4-3-5-18(12-17)22(26)27/h3-10,12-13H,11H2,1-2H3,(H,24,25)(H,26,27)/b23-13-. The lowest BCUT2D eigenvalue weighted by molar-refractivity contribution is -0.120. The molecule has 0 aliphatic rings. The third-order valence-electron chi connectivity index (χ3n) is 4.34. The average molecular weight is 376 g/mol. The maximum absolute atomic E-state index is 12.0. The van der Waals surface area contributed by atoms with Gasteiger partial charge in [0.1, 0.15) is 11.5 Å². The number of amides is 1. The number of rotatable bonds is 6. The smallest absolute Gasteiger partial charge is 0.335 e. The number of carboxylic acid groups (broad SMARTS) is 1. The molecule has 0 radical (unpaired) electrons. The van der Waals surface area contributed by atoms with E-state index in [1.807, 2.05) is 32.0 Å². The van der Waals surface area contributed by atoms with Gasteiger partial charge < -0.3 is 9.52 Å². The van der Waals surface area contributed by atoms with Crippen molar-refractivity contribution < 1.29 is 19.1 Å². The van der Waals surface area contributed by atoms with Gasteiger partial charge in [0.15, 0.2) is 0 Å². The average Bonchev–Trinajstić information content (AvgIpc) is 3.14. The van der Waals surface area contributed by atoms with Crippen LogP contribution in [0.4, 0.5) is 0 Å². The van der Waals surface area contributed by atoms with E-state index in [4.69, 9.17) is 9.52 Å². The van der Waals surface area contributed by atoms with Crippen molar-refractivity contribution in [3.05, 3.63) is 82.6 Å². The van der Waals surface area contributed by atoms with Gasteiger partial charge in [-0.2, -0.15) is 5.10 Å². The third-order valence-corrected chi connectivity index (χ3v) is 4.34. The van der Waals surface area contributed by atoms with Crippen LogP contribution in [0.5, 0.6) is 0 Å². The van der Waals surface area contributed by atoms with Gasteiger partial charge in [-0.25, -0.2) is 10.2 Å². The minimum atomic E-state index is -0.998. The lowest BCUT2D eigenvalue weighted by Gasteiger charge is -2.04. The van der Waals surface area contributed by atoms with Crippen molar-refractivity contribution in [2.75, 3.05) is 0 Å². The van der Waals surface area contributed by atoms with Crippen molar-refractivity contribution in [1.82, 2.24) is 5.43 Å². The van der Waals surface area contributed by atoms with Crippen LogP contribution >= 0.6 is 0 Å². The van der Waals surface area contributed by atoms with Crippen molar-refractivity contribution in [3.8, 4) is 11.3 Å². The number of carbonyl (C=O) groups excluding carboxylic acids is 1. The van der Waals surface area contributed by atoms with Crippen LogP contribution in [0.2, 0.25) is 0 Å². The summed E-state index contributed by atoms with van der Waals surface area (Å²) in [7, 11) is 0. The Balaban J connectivity index is 1.61. The number of aromatic carboxylic acids is 1. The zero-order valence-electron chi connectivity index (χ0n) is 15.6. The fourth-order valence-electron chi connectivity index (χ4n) is 2.69. The van der Waals surface area contributed by atoms with Crippen LogP contribution < -0.4 is 5.43 Å². The van der Waals surface area contributed by atoms with E-state index in [1.54, 1.807) is 24.3 Å². The van der Waals surface area contributed by atoms with Crippen LogP contribution in [0.3, 0.4) is 0 Å². The van der Waals surface area contributed by atoms with E-state index >= 15 is 0 Å². The Bertz CT molecular complexity index is 1050. The van der Waals surface area contributed by atoms with Crippen molar-refractivity contribution in [2.24, 2.45) is 5.10 Å². The molecule has 2 aromatic carbocycles. The summed E-state index contributed by atoms with van der Waals surface area (Å²) in [4.78, 5) is 23.1. The van der Waals surface area contributed by atoms with Gasteiger partial charge in [0.25, 0.3) is 0 Å². The van der Waals surface area contributed by atoms with Crippen molar-refractivity contribution in [2.45, 2.75) is 20.3 Å². The first-order valence-corrected chi connectivity index (χ1v) is 8.74. The SMILES string of the molecule is Cc1ccc(CC(=O)N/N=C\c2ccc(-c3cccc(C(=O)O)c3)o2)cc1C. The fraction of sp³-hybridized carbons (Fsp3) is 0.136. The van der Waals surface area contributed by atoms with E-state index in [0.29, 0.717) is 17.1 Å². The number of hydrazone groups is 1. The highest BCUT2D eigenvalue weighted by atomic mass is 16.4. The van der Waals surface area contributed by atoms with Crippen LogP contribution in [0, 0.1) is 13.8 Å². The molecule has 0 aliphatic heterocycles. The Morgan fingerprint density at radius 3 is 2.64 bits per heavy atom. The maximum atomic E-state index is 12.0. The molecule has 28 heavy (non-hydrogen) atoms. The van der Waals surface area contributed by atoms with E-state index in [9.17, 15) is 9.59 Å². The number of hydrogen-bond donors (Lipinski definition) is 2. The van der Waals surface area contributed by atoms with E-state index < -0.39 is 5.97 Å². The molecule has 142 valence electrons. The summed E-state index contributed by atoms with van der Waals surface area (Å²) in [6, 6.07) is 15.8. The third kappa shape index (κ3) is 4.73. The summed E-state index contributed by atoms with van der Waals surface area (Å²) in [5.41, 5.74) is 6.57. The summed E-state index contributed by atoms with van der Waals surface area (Å²) in [6.45, 7) is 4.04. The Morgan fingerprint density at radius 2 is 1.89 bits per heavy atom. The van der Waals surface area contributed by atoms with Gasteiger partial charge in [0.2, 0.25) is 5.91 Å². The summed E-state index contributed by atoms with van der Waals surface area (Å²) in [6.07, 6.45) is 1.65. The molecule has 0 saturated carbocycles. The van der Waals surface area contributed by atoms with Crippen LogP contribution in [0.25, 0.3) is 11.3 Å². The maximum Gasteiger partial charge on any atom is 0.335 e. The normalized spacial score (nSPS) is 10.9. The number of nitrogens with one attached hydrogen (secondary N) is 1. The van der Waals surface area contributed by atoms with E-state index in [-0.39, 0.29) is 17.9 Å². The first kappa shape index (κ1) is 19.1. The summed E-state index contributed by atoms with van der Waals surface area (Å²) in [5, 5.41) is 13.0. The molecule has 3 rings (SSSR count). The number of carbonyl (C=O) groups is 2. The molecule has 0 fully saturated rings. The predicted molar refractivity (Wildman–Crippen MR) is 106 cm³/mol. The van der Waals surface area contributed by atoms with Crippen molar-refractivity contribution >= 4 is 18.1 Å². The molecule has 0 spiro atoms. The van der Waals surface area contributed by atoms with Gasteiger partial charge in [-0.1, -0.05) is 30.3 Å². The Morgan fingerprint density at radius 1 is 1.07 bits per heavy atom. The van der Waals surface area contributed by atoms with Gasteiger partial charge in [0.05, 0.1) is 18.2 Å². The number of nitrogens with zero attached hydrogens (tertiary/aromatic N) is 1. The molecular formula is C22H20N2O4. The van der Waals surface area contributed by atoms with Crippen LogP contribution in [0.15, 0.2) is 64.1 Å². The lowest BCUT2D eigenvalue weighted by Crippen LogP contribution is -2.19. The zero-order chi connectivity index (χ0) is 20.1. The highest BCUT2D eigenvalue weighted by molar-refractivity contribution is 5.89. The van der Waals surface area contributed by atoms with Crippen molar-refractivity contribution in [3.63, 3.8) is 0 Å². The second-order valence-electron chi connectivity index (χ2n) is 6.48. The molecule has 0 saturated heterocycles. The van der Waals surface area contributed by atoms with Gasteiger partial charge in [-0.05, 0) is 54.8 Å². The lowest BCUT2D eigenvalue weighted by atomic mass is 10.0. The zero-order valence-corrected chi connectivity index (χ0v) is 15.6. The predicted octanol–water partition coefficient (Wildman–Crippen LogP) is 3.95. The molecule has 3 aromatic rings. The van der Waals surface area contributed by atoms with Crippen LogP contribution in [-0.4, -0.2) is 23.2 Å². The fourth-order valence-corrected chi connectivity index (χ4v) is 2.69. The number of benzene rings is 2. The highest BCUT2D eigenvalue weighted by Crippen LogP contribution is 2.22. The Hall–Kier alpha value is -3.67. The number of carboxylic acids is 1. The molecule has 0 bridgehead atoms. The van der Waals surface area contributed by atoms with Crippen LogP contribution in [0.1, 0.15) is 32.8 Å². The largest absolute Gasteiger partial charge is 0.478 e. The van der Waals surface area contributed by atoms with Gasteiger partial charge in [-0.3, -0.25) is 4.79 Å². The summed E-state index contributed by atoms with van der Waals surface area (Å²) < 4.78 is 5.64. The molecule has 0 unspecified atom stereocenters. The molecule has 1 aromatic heterocycles. The Kier molecular flexibility index (Phi) is 5.69. The Labute approximate surface area is 162 Å². The van der Waals surface area contributed by atoms with Gasteiger partial charge in [0, 0.05) is 5.56 Å². The minimum absolute atomic E-state index is 0.183. The number of furan rings is 1. The summed E-state index contributed by atoms with van der Waals surface area (Å²) in [5.74, 6) is -0.254. The second-order valence-corrected chi connectivity index (χ2v) is 6.48. The van der Waals surface area contributed by atoms with E-state index in [2.05, 4.69) is 10.5 Å². The minimum Gasteiger partial charge on any atom is -0.478 e. The highest BCUT2D eigenvalue weighted by Gasteiger charge is 2.08.